The molecule has 0 radical (unpaired) electrons. The molecule has 0 aliphatic carbocycles. The van der Waals surface area contributed by atoms with Gasteiger partial charge in [-0.15, -0.1) is 0 Å². The van der Waals surface area contributed by atoms with Crippen LogP contribution in [-0.2, 0) is 0 Å². The molecule has 0 aromatic carbocycles. The summed E-state index contributed by atoms with van der Waals surface area (Å²) in [7, 11) is 2.17. The van der Waals surface area contributed by atoms with E-state index in [0.717, 1.165) is 0 Å². The molecule has 0 spiro atoms. The third-order valence-electron chi connectivity index (χ3n) is 2.40. The first-order valence-corrected chi connectivity index (χ1v) is 6.07. The molecule has 0 amide bonds. The number of nitrogens with one attached hydrogen (secondary N) is 1. The van der Waals surface area contributed by atoms with Crippen LogP contribution in [-0.4, -0.2) is 28.7 Å². The molecule has 1 N–H and O–H groups in total. The van der Waals surface area contributed by atoms with Gasteiger partial charge in [-0.2, -0.15) is 5.10 Å². The Labute approximate surface area is 93.9 Å². The number of hydrogen-bond acceptors (Lipinski definition) is 2. The van der Waals surface area contributed by atoms with Gasteiger partial charge < -0.3 is 0 Å². The van der Waals surface area contributed by atoms with Crippen LogP contribution >= 0.6 is 0 Å². The maximum Gasteiger partial charge on any atom is 0.0523 e. The van der Waals surface area contributed by atoms with Crippen molar-refractivity contribution >= 4 is 0 Å². The van der Waals surface area contributed by atoms with E-state index < -0.39 is 0 Å². The fourth-order valence-electron chi connectivity index (χ4n) is 1.76. The zero-order valence-electron chi connectivity index (χ0n) is 10.7. The zero-order chi connectivity index (χ0) is 11.7. The highest BCUT2D eigenvalue weighted by molar-refractivity contribution is 5.06. The Kier molecular flexibility index (Phi) is 8.01. The number of H-pyrrole nitrogens is 1. The van der Waals surface area contributed by atoms with E-state index in [2.05, 4.69) is 28.2 Å². The van der Waals surface area contributed by atoms with Crippen LogP contribution in [0.1, 0.15) is 52.3 Å². The standard InChI is InChI=1S/C8H13N3.2C2H6/c1-11-6-2-3-8(11)7-4-5-9-10-7;2*1-2/h4-5,8H,2-3,6H2,1H3,(H,9,10);2*1-2H3. The smallest absolute Gasteiger partial charge is 0.0523 e. The quantitative estimate of drug-likeness (QED) is 0.773. The van der Waals surface area contributed by atoms with Crippen LogP contribution in [0.4, 0.5) is 0 Å². The van der Waals surface area contributed by atoms with Crippen LogP contribution in [0, 0.1) is 0 Å². The Hall–Kier alpha value is -0.830. The minimum atomic E-state index is 0.581. The van der Waals surface area contributed by atoms with Gasteiger partial charge in [0.05, 0.1) is 11.7 Å². The van der Waals surface area contributed by atoms with Gasteiger partial charge in [0.15, 0.2) is 0 Å². The van der Waals surface area contributed by atoms with E-state index in [4.69, 9.17) is 0 Å². The van der Waals surface area contributed by atoms with E-state index in [1.165, 1.54) is 25.1 Å². The molecule has 2 heterocycles. The fourth-order valence-corrected chi connectivity index (χ4v) is 1.76. The zero-order valence-corrected chi connectivity index (χ0v) is 10.7. The first kappa shape index (κ1) is 14.2. The summed E-state index contributed by atoms with van der Waals surface area (Å²) in [6.07, 6.45) is 4.39. The topological polar surface area (TPSA) is 31.9 Å². The minimum absolute atomic E-state index is 0.581. The maximum absolute atomic E-state index is 3.95. The molecular formula is C12H25N3. The van der Waals surface area contributed by atoms with E-state index in [1.807, 2.05) is 33.9 Å². The highest BCUT2D eigenvalue weighted by atomic mass is 15.2. The summed E-state index contributed by atoms with van der Waals surface area (Å²) in [6, 6.07) is 2.64. The Morgan fingerprint density at radius 2 is 2.00 bits per heavy atom. The minimum Gasteiger partial charge on any atom is -0.298 e. The summed E-state index contributed by atoms with van der Waals surface area (Å²) < 4.78 is 0. The number of nitrogens with zero attached hydrogens (tertiary/aromatic N) is 2. The van der Waals surface area contributed by atoms with E-state index in [0.29, 0.717) is 6.04 Å². The second kappa shape index (κ2) is 8.48. The molecular weight excluding hydrogens is 186 g/mol. The summed E-state index contributed by atoms with van der Waals surface area (Å²) in [6.45, 7) is 9.21. The van der Waals surface area contributed by atoms with Crippen LogP contribution in [0.5, 0.6) is 0 Å². The molecule has 3 heteroatoms. The number of hydrogen-bond donors (Lipinski definition) is 1. The average Bonchev–Trinajstić information content (AvgIpc) is 2.94. The molecule has 1 aliphatic rings. The Morgan fingerprint density at radius 1 is 1.33 bits per heavy atom. The number of aromatic amines is 1. The predicted molar refractivity (Wildman–Crippen MR) is 65.9 cm³/mol. The Morgan fingerprint density at radius 3 is 2.40 bits per heavy atom. The van der Waals surface area contributed by atoms with Crippen LogP contribution in [0.15, 0.2) is 12.3 Å². The molecule has 1 aliphatic heterocycles. The van der Waals surface area contributed by atoms with Crippen molar-refractivity contribution in [1.29, 1.82) is 0 Å². The van der Waals surface area contributed by atoms with Gasteiger partial charge >= 0.3 is 0 Å². The molecule has 1 aromatic rings. The van der Waals surface area contributed by atoms with Crippen molar-refractivity contribution < 1.29 is 0 Å². The number of rotatable bonds is 1. The van der Waals surface area contributed by atoms with Crippen LogP contribution < -0.4 is 0 Å². The van der Waals surface area contributed by atoms with E-state index in [1.54, 1.807) is 0 Å². The van der Waals surface area contributed by atoms with Gasteiger partial charge in [-0.3, -0.25) is 10.00 Å². The maximum atomic E-state index is 3.95. The number of aromatic nitrogens is 2. The molecule has 0 bridgehead atoms. The SMILES string of the molecule is CC.CC.CN1CCCC1c1ccn[nH]1. The van der Waals surface area contributed by atoms with Crippen molar-refractivity contribution in [3.8, 4) is 0 Å². The molecule has 0 saturated carbocycles. The van der Waals surface area contributed by atoms with Crippen molar-refractivity contribution in [2.45, 2.75) is 46.6 Å². The first-order valence-electron chi connectivity index (χ1n) is 6.07. The van der Waals surface area contributed by atoms with Crippen molar-refractivity contribution in [2.24, 2.45) is 0 Å². The lowest BCUT2D eigenvalue weighted by molar-refractivity contribution is 0.311. The van der Waals surface area contributed by atoms with Gasteiger partial charge in [0.2, 0.25) is 0 Å². The monoisotopic (exact) mass is 211 g/mol. The summed E-state index contributed by atoms with van der Waals surface area (Å²) in [4.78, 5) is 2.37. The molecule has 1 fully saturated rings. The lowest BCUT2D eigenvalue weighted by atomic mass is 10.1. The van der Waals surface area contributed by atoms with Gasteiger partial charge in [-0.1, -0.05) is 27.7 Å². The summed E-state index contributed by atoms with van der Waals surface area (Å²) >= 11 is 0. The van der Waals surface area contributed by atoms with E-state index >= 15 is 0 Å². The molecule has 1 unspecified atom stereocenters. The third kappa shape index (κ3) is 4.04. The third-order valence-corrected chi connectivity index (χ3v) is 2.40. The highest BCUT2D eigenvalue weighted by Crippen LogP contribution is 2.28. The normalized spacial score (nSPS) is 19.9. The number of likely N-dealkylation sites (tertiary alicyclic amines) is 1. The van der Waals surface area contributed by atoms with Crippen LogP contribution in [0.3, 0.4) is 0 Å². The summed E-state index contributed by atoms with van der Waals surface area (Å²) in [5.74, 6) is 0. The molecule has 88 valence electrons. The largest absolute Gasteiger partial charge is 0.298 e. The van der Waals surface area contributed by atoms with E-state index in [-0.39, 0.29) is 0 Å². The molecule has 2 rings (SSSR count). The lowest BCUT2D eigenvalue weighted by Crippen LogP contribution is -2.17. The van der Waals surface area contributed by atoms with Crippen molar-refractivity contribution in [3.05, 3.63) is 18.0 Å². The summed E-state index contributed by atoms with van der Waals surface area (Å²) in [5, 5.41) is 6.97. The molecule has 1 atom stereocenters. The van der Waals surface area contributed by atoms with Crippen molar-refractivity contribution in [3.63, 3.8) is 0 Å². The van der Waals surface area contributed by atoms with Gasteiger partial charge in [0.1, 0.15) is 0 Å². The van der Waals surface area contributed by atoms with Gasteiger partial charge in [0, 0.05) is 6.20 Å². The Balaban J connectivity index is 0.000000442. The van der Waals surface area contributed by atoms with Crippen LogP contribution in [0.2, 0.25) is 0 Å². The van der Waals surface area contributed by atoms with Crippen molar-refractivity contribution in [1.82, 2.24) is 15.1 Å². The average molecular weight is 211 g/mol. The van der Waals surface area contributed by atoms with Gasteiger partial charge in [-0.05, 0) is 32.5 Å². The van der Waals surface area contributed by atoms with Gasteiger partial charge in [0.25, 0.3) is 0 Å². The van der Waals surface area contributed by atoms with E-state index in [9.17, 15) is 0 Å². The molecule has 1 saturated heterocycles. The lowest BCUT2D eigenvalue weighted by Gasteiger charge is -2.16. The summed E-state index contributed by atoms with van der Waals surface area (Å²) in [5.41, 5.74) is 1.25. The second-order valence-corrected chi connectivity index (χ2v) is 3.15. The van der Waals surface area contributed by atoms with Crippen molar-refractivity contribution in [2.75, 3.05) is 13.6 Å². The predicted octanol–water partition coefficient (Wildman–Crippen LogP) is 3.23. The van der Waals surface area contributed by atoms with Crippen LogP contribution in [0.25, 0.3) is 0 Å². The first-order chi connectivity index (χ1) is 7.38. The molecule has 15 heavy (non-hydrogen) atoms. The second-order valence-electron chi connectivity index (χ2n) is 3.15. The Bertz CT molecular complexity index is 219. The highest BCUT2D eigenvalue weighted by Gasteiger charge is 2.22. The molecule has 3 nitrogen and oxygen atoms in total. The molecule has 1 aromatic heterocycles. The van der Waals surface area contributed by atoms with Gasteiger partial charge in [-0.25, -0.2) is 0 Å². The fraction of sp³-hybridized carbons (Fsp3) is 0.750.